The zero-order valence-corrected chi connectivity index (χ0v) is 17.0. The lowest BCUT2D eigenvalue weighted by atomic mass is 10.1. The molecule has 3 aromatic carbocycles. The summed E-state index contributed by atoms with van der Waals surface area (Å²) < 4.78 is 11.2. The Bertz CT molecular complexity index is 942. The molecule has 29 heavy (non-hydrogen) atoms. The molecule has 1 amide bonds. The number of carbonyl (C=O) groups is 1. The summed E-state index contributed by atoms with van der Waals surface area (Å²) >= 11 is 0. The molecule has 3 rings (SSSR count). The van der Waals surface area contributed by atoms with Crippen LogP contribution in [-0.4, -0.2) is 38.6 Å². The predicted octanol–water partition coefficient (Wildman–Crippen LogP) is 4.52. The maximum absolute atomic E-state index is 12.9. The number of benzene rings is 3. The molecule has 3 aromatic rings. The van der Waals surface area contributed by atoms with Gasteiger partial charge >= 0.3 is 0 Å². The van der Waals surface area contributed by atoms with Gasteiger partial charge in [-0.3, -0.25) is 4.79 Å². The van der Waals surface area contributed by atoms with Crippen LogP contribution in [0.5, 0.6) is 17.2 Å². The fourth-order valence-electron chi connectivity index (χ4n) is 3.09. The largest absolute Gasteiger partial charge is 0.497 e. The SMILES string of the molecule is COc1cccc(C(CNC(=O)c2ccccc2Oc2ccccc2)N(C)C)c1. The van der Waals surface area contributed by atoms with Gasteiger partial charge in [-0.25, -0.2) is 0 Å². The van der Waals surface area contributed by atoms with Crippen molar-refractivity contribution < 1.29 is 14.3 Å². The number of rotatable bonds is 8. The Morgan fingerprint density at radius 3 is 2.34 bits per heavy atom. The first-order valence-electron chi connectivity index (χ1n) is 9.49. The van der Waals surface area contributed by atoms with Gasteiger partial charge < -0.3 is 19.7 Å². The first-order chi connectivity index (χ1) is 14.1. The Balaban J connectivity index is 1.74. The summed E-state index contributed by atoms with van der Waals surface area (Å²) in [4.78, 5) is 15.0. The van der Waals surface area contributed by atoms with Gasteiger partial charge in [0.1, 0.15) is 17.2 Å². The molecule has 1 atom stereocenters. The van der Waals surface area contributed by atoms with Crippen molar-refractivity contribution in [1.82, 2.24) is 10.2 Å². The highest BCUT2D eigenvalue weighted by Crippen LogP contribution is 2.26. The molecule has 0 spiro atoms. The van der Waals surface area contributed by atoms with Crippen LogP contribution in [0, 0.1) is 0 Å². The van der Waals surface area contributed by atoms with Gasteiger partial charge in [-0.2, -0.15) is 0 Å². The monoisotopic (exact) mass is 390 g/mol. The van der Waals surface area contributed by atoms with Crippen LogP contribution in [0.3, 0.4) is 0 Å². The number of ether oxygens (including phenoxy) is 2. The van der Waals surface area contributed by atoms with Crippen molar-refractivity contribution >= 4 is 5.91 Å². The summed E-state index contributed by atoms with van der Waals surface area (Å²) in [5.74, 6) is 1.84. The number of amides is 1. The first kappa shape index (κ1) is 20.4. The van der Waals surface area contributed by atoms with E-state index in [1.54, 1.807) is 19.2 Å². The number of para-hydroxylation sites is 2. The number of carbonyl (C=O) groups excluding carboxylic acids is 1. The number of hydrogen-bond donors (Lipinski definition) is 1. The second kappa shape index (κ2) is 9.75. The molecule has 0 saturated heterocycles. The molecule has 0 fully saturated rings. The van der Waals surface area contributed by atoms with Crippen LogP contribution in [0.4, 0.5) is 0 Å². The van der Waals surface area contributed by atoms with E-state index in [0.717, 1.165) is 11.3 Å². The van der Waals surface area contributed by atoms with Crippen LogP contribution in [-0.2, 0) is 0 Å². The predicted molar refractivity (Wildman–Crippen MR) is 115 cm³/mol. The average molecular weight is 390 g/mol. The third-order valence-electron chi connectivity index (χ3n) is 4.66. The molecule has 0 aromatic heterocycles. The molecule has 0 bridgehead atoms. The second-order valence-corrected chi connectivity index (χ2v) is 6.88. The minimum Gasteiger partial charge on any atom is -0.497 e. The van der Waals surface area contributed by atoms with Gasteiger partial charge in [-0.15, -0.1) is 0 Å². The standard InChI is InChI=1S/C24H26N2O3/c1-26(2)22(18-10-9-13-20(16-18)28-3)17-25-24(27)21-14-7-8-15-23(21)29-19-11-5-4-6-12-19/h4-16,22H,17H2,1-3H3,(H,25,27). The fraction of sp³-hybridized carbons (Fsp3) is 0.208. The summed E-state index contributed by atoms with van der Waals surface area (Å²) in [5, 5.41) is 3.04. The van der Waals surface area contributed by atoms with Crippen molar-refractivity contribution in [3.8, 4) is 17.2 Å². The van der Waals surface area contributed by atoms with Gasteiger partial charge in [-0.1, -0.05) is 42.5 Å². The molecule has 150 valence electrons. The van der Waals surface area contributed by atoms with E-state index in [1.165, 1.54) is 0 Å². The number of hydrogen-bond acceptors (Lipinski definition) is 4. The van der Waals surface area contributed by atoms with E-state index in [9.17, 15) is 4.79 Å². The smallest absolute Gasteiger partial charge is 0.255 e. The van der Waals surface area contributed by atoms with Crippen LogP contribution in [0.15, 0.2) is 78.9 Å². The van der Waals surface area contributed by atoms with E-state index in [2.05, 4.69) is 10.2 Å². The maximum Gasteiger partial charge on any atom is 0.255 e. The summed E-state index contributed by atoms with van der Waals surface area (Å²) in [5.41, 5.74) is 1.57. The highest BCUT2D eigenvalue weighted by molar-refractivity contribution is 5.97. The number of likely N-dealkylation sites (N-methyl/N-ethyl adjacent to an activating group) is 1. The van der Waals surface area contributed by atoms with E-state index < -0.39 is 0 Å². The summed E-state index contributed by atoms with van der Waals surface area (Å²) in [6.07, 6.45) is 0. The topological polar surface area (TPSA) is 50.8 Å². The normalized spacial score (nSPS) is 11.7. The Morgan fingerprint density at radius 1 is 0.931 bits per heavy atom. The summed E-state index contributed by atoms with van der Waals surface area (Å²) in [7, 11) is 5.63. The van der Waals surface area contributed by atoms with Crippen molar-refractivity contribution in [1.29, 1.82) is 0 Å². The van der Waals surface area contributed by atoms with Crippen molar-refractivity contribution in [3.63, 3.8) is 0 Å². The van der Waals surface area contributed by atoms with Crippen molar-refractivity contribution in [2.45, 2.75) is 6.04 Å². The van der Waals surface area contributed by atoms with Gasteiger partial charge in [-0.05, 0) is 56.1 Å². The molecule has 0 radical (unpaired) electrons. The minimum absolute atomic E-state index is 0.0104. The summed E-state index contributed by atoms with van der Waals surface area (Å²) in [6.45, 7) is 0.457. The summed E-state index contributed by atoms with van der Waals surface area (Å²) in [6, 6.07) is 24.6. The van der Waals surface area contributed by atoms with Crippen LogP contribution in [0.2, 0.25) is 0 Å². The second-order valence-electron chi connectivity index (χ2n) is 6.88. The lowest BCUT2D eigenvalue weighted by molar-refractivity contribution is 0.0939. The van der Waals surface area contributed by atoms with E-state index in [0.29, 0.717) is 23.6 Å². The fourth-order valence-corrected chi connectivity index (χ4v) is 3.09. The third kappa shape index (κ3) is 5.36. The van der Waals surface area contributed by atoms with E-state index in [1.807, 2.05) is 80.8 Å². The molecule has 0 aliphatic carbocycles. The van der Waals surface area contributed by atoms with Gasteiger partial charge in [0.15, 0.2) is 0 Å². The molecule has 0 saturated carbocycles. The molecule has 5 heteroatoms. The number of nitrogens with one attached hydrogen (secondary N) is 1. The van der Waals surface area contributed by atoms with Crippen LogP contribution in [0.25, 0.3) is 0 Å². The van der Waals surface area contributed by atoms with Crippen molar-refractivity contribution in [3.05, 3.63) is 90.0 Å². The Morgan fingerprint density at radius 2 is 1.62 bits per heavy atom. The zero-order valence-electron chi connectivity index (χ0n) is 17.0. The quantitative estimate of drug-likeness (QED) is 0.614. The minimum atomic E-state index is -0.175. The van der Waals surface area contributed by atoms with Gasteiger partial charge in [0.25, 0.3) is 5.91 Å². The molecular formula is C24H26N2O3. The van der Waals surface area contributed by atoms with Crippen LogP contribution < -0.4 is 14.8 Å². The first-order valence-corrected chi connectivity index (χ1v) is 9.49. The van der Waals surface area contributed by atoms with Crippen molar-refractivity contribution in [2.75, 3.05) is 27.7 Å². The highest BCUT2D eigenvalue weighted by Gasteiger charge is 2.18. The molecule has 0 heterocycles. The van der Waals surface area contributed by atoms with Crippen LogP contribution >= 0.6 is 0 Å². The Hall–Kier alpha value is -3.31. The maximum atomic E-state index is 12.9. The molecule has 0 aliphatic rings. The lowest BCUT2D eigenvalue weighted by Crippen LogP contribution is -2.34. The molecule has 1 N–H and O–H groups in total. The molecule has 0 aliphatic heterocycles. The third-order valence-corrected chi connectivity index (χ3v) is 4.66. The Kier molecular flexibility index (Phi) is 6.87. The number of nitrogens with zero attached hydrogens (tertiary/aromatic N) is 1. The average Bonchev–Trinajstić information content (AvgIpc) is 2.75. The highest BCUT2D eigenvalue weighted by atomic mass is 16.5. The number of methoxy groups -OCH3 is 1. The molecular weight excluding hydrogens is 364 g/mol. The zero-order chi connectivity index (χ0) is 20.6. The molecule has 5 nitrogen and oxygen atoms in total. The van der Waals surface area contributed by atoms with E-state index >= 15 is 0 Å². The molecule has 1 unspecified atom stereocenters. The lowest BCUT2D eigenvalue weighted by Gasteiger charge is -2.25. The Labute approximate surface area is 171 Å². The van der Waals surface area contributed by atoms with Gasteiger partial charge in [0.2, 0.25) is 0 Å². The van der Waals surface area contributed by atoms with E-state index in [-0.39, 0.29) is 11.9 Å². The van der Waals surface area contributed by atoms with Crippen molar-refractivity contribution in [2.24, 2.45) is 0 Å². The van der Waals surface area contributed by atoms with Gasteiger partial charge in [0, 0.05) is 6.54 Å². The van der Waals surface area contributed by atoms with Gasteiger partial charge in [0.05, 0.1) is 18.7 Å². The van der Waals surface area contributed by atoms with E-state index in [4.69, 9.17) is 9.47 Å². The van der Waals surface area contributed by atoms with Crippen LogP contribution in [0.1, 0.15) is 22.0 Å².